The van der Waals surface area contributed by atoms with Crippen molar-refractivity contribution in [1.82, 2.24) is 5.32 Å². The molecule has 0 saturated heterocycles. The molecule has 1 aromatic carbocycles. The maximum absolute atomic E-state index is 12.2. The molecule has 0 heterocycles. The van der Waals surface area contributed by atoms with E-state index in [0.29, 0.717) is 5.56 Å². The van der Waals surface area contributed by atoms with Gasteiger partial charge in [-0.3, -0.25) is 20.8 Å². The number of nitrogen functional groups attached to an aromatic ring is 1. The Morgan fingerprint density at radius 3 is 2.81 bits per heavy atom. The molecule has 0 bridgehead atoms. The molecule has 1 aliphatic carbocycles. The van der Waals surface area contributed by atoms with Crippen molar-refractivity contribution in [1.29, 1.82) is 0 Å². The van der Waals surface area contributed by atoms with Gasteiger partial charge < -0.3 is 15.5 Å². The Balaban J connectivity index is 2.07. The molecule has 1 fully saturated rings. The van der Waals surface area contributed by atoms with Crippen molar-refractivity contribution >= 4 is 17.3 Å². The molecule has 21 heavy (non-hydrogen) atoms. The highest BCUT2D eigenvalue weighted by atomic mass is 16.6. The number of rotatable bonds is 5. The lowest BCUT2D eigenvalue weighted by atomic mass is 10.1. The highest BCUT2D eigenvalue weighted by Gasteiger charge is 2.26. The minimum Gasteiger partial charge on any atom is -0.381 e. The maximum Gasteiger partial charge on any atom is 0.293 e. The van der Waals surface area contributed by atoms with E-state index in [1.165, 1.54) is 18.2 Å². The molecule has 1 aliphatic rings. The second-order valence-corrected chi connectivity index (χ2v) is 4.97. The second-order valence-electron chi connectivity index (χ2n) is 4.97. The molecule has 2 atom stereocenters. The first kappa shape index (κ1) is 15.2. The number of carbonyl (C=O) groups is 1. The predicted molar refractivity (Wildman–Crippen MR) is 76.8 cm³/mol. The zero-order chi connectivity index (χ0) is 15.4. The molecule has 0 aliphatic heterocycles. The van der Waals surface area contributed by atoms with E-state index in [2.05, 4.69) is 10.7 Å². The van der Waals surface area contributed by atoms with Crippen LogP contribution in [0.1, 0.15) is 29.6 Å². The summed E-state index contributed by atoms with van der Waals surface area (Å²) in [5.74, 6) is 4.98. The molecule has 0 spiro atoms. The van der Waals surface area contributed by atoms with Crippen LogP contribution in [0.5, 0.6) is 0 Å². The number of methoxy groups -OCH3 is 1. The van der Waals surface area contributed by atoms with Crippen molar-refractivity contribution in [2.45, 2.75) is 31.4 Å². The Kier molecular flexibility index (Phi) is 4.71. The second kappa shape index (κ2) is 6.51. The number of hydrogen-bond acceptors (Lipinski definition) is 6. The summed E-state index contributed by atoms with van der Waals surface area (Å²) in [5.41, 5.74) is 2.50. The highest BCUT2D eigenvalue weighted by molar-refractivity contribution is 5.96. The maximum atomic E-state index is 12.2. The Morgan fingerprint density at radius 2 is 2.24 bits per heavy atom. The lowest BCUT2D eigenvalue weighted by molar-refractivity contribution is -0.384. The van der Waals surface area contributed by atoms with E-state index >= 15 is 0 Å². The van der Waals surface area contributed by atoms with Gasteiger partial charge in [-0.2, -0.15) is 0 Å². The SMILES string of the molecule is COC1CCC(NC(=O)c2ccc([N+](=O)[O-])c(NN)c2)C1. The number of benzene rings is 1. The Morgan fingerprint density at radius 1 is 1.48 bits per heavy atom. The van der Waals surface area contributed by atoms with Crippen LogP contribution >= 0.6 is 0 Å². The van der Waals surface area contributed by atoms with Crippen LogP contribution in [-0.4, -0.2) is 30.1 Å². The molecule has 8 heteroatoms. The third kappa shape index (κ3) is 3.47. The molecule has 1 amide bonds. The summed E-state index contributed by atoms with van der Waals surface area (Å²) in [6.07, 6.45) is 2.72. The van der Waals surface area contributed by atoms with E-state index in [4.69, 9.17) is 10.6 Å². The Bertz CT molecular complexity index is 549. The van der Waals surface area contributed by atoms with Gasteiger partial charge >= 0.3 is 0 Å². The number of nitrogens with one attached hydrogen (secondary N) is 2. The van der Waals surface area contributed by atoms with Gasteiger partial charge in [0.2, 0.25) is 0 Å². The molecule has 1 aromatic rings. The van der Waals surface area contributed by atoms with Gasteiger partial charge in [-0.15, -0.1) is 0 Å². The number of hydrogen-bond donors (Lipinski definition) is 3. The van der Waals surface area contributed by atoms with Crippen LogP contribution in [-0.2, 0) is 4.74 Å². The van der Waals surface area contributed by atoms with Crippen LogP contribution in [0.2, 0.25) is 0 Å². The largest absolute Gasteiger partial charge is 0.381 e. The number of carbonyl (C=O) groups excluding carboxylic acids is 1. The smallest absolute Gasteiger partial charge is 0.293 e. The van der Waals surface area contributed by atoms with Gasteiger partial charge in [-0.05, 0) is 31.4 Å². The van der Waals surface area contributed by atoms with Crippen molar-refractivity contribution < 1.29 is 14.5 Å². The van der Waals surface area contributed by atoms with E-state index in [1.807, 2.05) is 0 Å². The molecule has 1 saturated carbocycles. The standard InChI is InChI=1S/C13H18N4O4/c1-21-10-4-3-9(7-10)15-13(18)8-2-5-12(17(19)20)11(6-8)16-14/h2,5-6,9-10,16H,3-4,7,14H2,1H3,(H,15,18). The number of nitrogens with zero attached hydrogens (tertiary/aromatic N) is 1. The Labute approximate surface area is 121 Å². The minimum absolute atomic E-state index is 0.0620. The average molecular weight is 294 g/mol. The quantitative estimate of drug-likeness (QED) is 0.426. The van der Waals surface area contributed by atoms with Crippen LogP contribution in [0.4, 0.5) is 11.4 Å². The van der Waals surface area contributed by atoms with Crippen molar-refractivity contribution in [2.24, 2.45) is 5.84 Å². The minimum atomic E-state index is -0.558. The van der Waals surface area contributed by atoms with Crippen molar-refractivity contribution in [3.05, 3.63) is 33.9 Å². The molecule has 2 unspecified atom stereocenters. The van der Waals surface area contributed by atoms with Crippen molar-refractivity contribution in [2.75, 3.05) is 12.5 Å². The topological polar surface area (TPSA) is 120 Å². The molecule has 8 nitrogen and oxygen atoms in total. The van der Waals surface area contributed by atoms with E-state index in [-0.39, 0.29) is 29.4 Å². The fraction of sp³-hybridized carbons (Fsp3) is 0.462. The lowest BCUT2D eigenvalue weighted by Crippen LogP contribution is -2.33. The Hall–Kier alpha value is -2.19. The first-order valence-corrected chi connectivity index (χ1v) is 6.64. The summed E-state index contributed by atoms with van der Waals surface area (Å²) < 4.78 is 5.25. The fourth-order valence-corrected chi connectivity index (χ4v) is 2.51. The highest BCUT2D eigenvalue weighted by Crippen LogP contribution is 2.25. The number of ether oxygens (including phenoxy) is 1. The summed E-state index contributed by atoms with van der Waals surface area (Å²) in [4.78, 5) is 22.4. The normalized spacial score (nSPS) is 21.0. The number of hydrazine groups is 1. The summed E-state index contributed by atoms with van der Waals surface area (Å²) >= 11 is 0. The summed E-state index contributed by atoms with van der Waals surface area (Å²) in [7, 11) is 1.66. The number of amides is 1. The third-order valence-electron chi connectivity index (χ3n) is 3.66. The number of nitro groups is 1. The van der Waals surface area contributed by atoms with Gasteiger partial charge in [-0.25, -0.2) is 0 Å². The average Bonchev–Trinajstić information content (AvgIpc) is 2.93. The van der Waals surface area contributed by atoms with Gasteiger partial charge in [0.05, 0.1) is 11.0 Å². The molecular weight excluding hydrogens is 276 g/mol. The summed E-state index contributed by atoms with van der Waals surface area (Å²) in [5, 5.41) is 13.7. The van der Waals surface area contributed by atoms with Gasteiger partial charge in [-0.1, -0.05) is 0 Å². The first-order valence-electron chi connectivity index (χ1n) is 6.64. The van der Waals surface area contributed by atoms with E-state index in [1.54, 1.807) is 7.11 Å². The van der Waals surface area contributed by atoms with Crippen LogP contribution in [0.3, 0.4) is 0 Å². The predicted octanol–water partition coefficient (Wildman–Crippen LogP) is 1.18. The van der Waals surface area contributed by atoms with Crippen LogP contribution in [0.15, 0.2) is 18.2 Å². The van der Waals surface area contributed by atoms with E-state index < -0.39 is 4.92 Å². The number of nitrogens with two attached hydrogens (primary N) is 1. The summed E-state index contributed by atoms with van der Waals surface area (Å²) in [6.45, 7) is 0. The molecule has 0 aromatic heterocycles. The molecule has 2 rings (SSSR count). The van der Waals surface area contributed by atoms with Gasteiger partial charge in [0, 0.05) is 24.8 Å². The van der Waals surface area contributed by atoms with Crippen LogP contribution in [0, 0.1) is 10.1 Å². The van der Waals surface area contributed by atoms with Crippen LogP contribution < -0.4 is 16.6 Å². The van der Waals surface area contributed by atoms with E-state index in [9.17, 15) is 14.9 Å². The first-order chi connectivity index (χ1) is 10.0. The van der Waals surface area contributed by atoms with Gasteiger partial charge in [0.15, 0.2) is 0 Å². The lowest BCUT2D eigenvalue weighted by Gasteiger charge is -2.13. The van der Waals surface area contributed by atoms with E-state index in [0.717, 1.165) is 19.3 Å². The van der Waals surface area contributed by atoms with Gasteiger partial charge in [0.1, 0.15) is 5.69 Å². The molecular formula is C13H18N4O4. The van der Waals surface area contributed by atoms with Crippen LogP contribution in [0.25, 0.3) is 0 Å². The zero-order valence-corrected chi connectivity index (χ0v) is 11.7. The third-order valence-corrected chi connectivity index (χ3v) is 3.66. The molecule has 0 radical (unpaired) electrons. The number of nitro benzene ring substituents is 1. The molecule has 4 N–H and O–H groups in total. The summed E-state index contributed by atoms with van der Waals surface area (Å²) in [6, 6.07) is 4.11. The molecule has 114 valence electrons. The fourth-order valence-electron chi connectivity index (χ4n) is 2.51. The van der Waals surface area contributed by atoms with Gasteiger partial charge in [0.25, 0.3) is 11.6 Å². The van der Waals surface area contributed by atoms with Crippen molar-refractivity contribution in [3.8, 4) is 0 Å². The monoisotopic (exact) mass is 294 g/mol. The van der Waals surface area contributed by atoms with Crippen molar-refractivity contribution in [3.63, 3.8) is 0 Å². The number of anilines is 1. The zero-order valence-electron chi connectivity index (χ0n) is 11.7.